The molecule has 33 heavy (non-hydrogen) atoms. The fourth-order valence-corrected chi connectivity index (χ4v) is 3.64. The van der Waals surface area contributed by atoms with Crippen molar-refractivity contribution in [1.82, 2.24) is 19.3 Å². The van der Waals surface area contributed by atoms with Crippen molar-refractivity contribution in [1.29, 1.82) is 0 Å². The molecule has 0 bridgehead atoms. The van der Waals surface area contributed by atoms with E-state index in [1.54, 1.807) is 41.3 Å². The average Bonchev–Trinajstić information content (AvgIpc) is 3.42. The fourth-order valence-electron chi connectivity index (χ4n) is 3.64. The lowest BCUT2D eigenvalue weighted by Crippen LogP contribution is -2.15. The van der Waals surface area contributed by atoms with Crippen LogP contribution in [0.5, 0.6) is 0 Å². The fraction of sp³-hybridized carbons (Fsp3) is 0.200. The molecule has 2 heterocycles. The van der Waals surface area contributed by atoms with Crippen LogP contribution in [0.15, 0.2) is 67.3 Å². The lowest BCUT2D eigenvalue weighted by atomic mass is 10.1. The lowest BCUT2D eigenvalue weighted by Gasteiger charge is -2.10. The third kappa shape index (κ3) is 5.23. The molecule has 0 aliphatic heterocycles. The van der Waals surface area contributed by atoms with E-state index in [0.717, 1.165) is 22.5 Å². The summed E-state index contributed by atoms with van der Waals surface area (Å²) in [6.07, 6.45) is 3.08. The molecule has 168 valence electrons. The number of carbonyl (C=O) groups is 2. The van der Waals surface area contributed by atoms with Gasteiger partial charge >= 0.3 is 5.97 Å². The average molecular weight is 446 g/mol. The minimum absolute atomic E-state index is 0.274. The van der Waals surface area contributed by atoms with Gasteiger partial charge in [0.05, 0.1) is 12.1 Å². The van der Waals surface area contributed by atoms with E-state index in [1.165, 1.54) is 18.5 Å². The molecule has 2 aromatic heterocycles. The van der Waals surface area contributed by atoms with Crippen molar-refractivity contribution in [3.05, 3.63) is 107 Å². The number of benzene rings is 2. The maximum Gasteiger partial charge on any atom is 0.338 e. The van der Waals surface area contributed by atoms with Crippen LogP contribution >= 0.6 is 0 Å². The molecule has 0 amide bonds. The monoisotopic (exact) mass is 446 g/mol. The smallest absolute Gasteiger partial charge is 0.338 e. The van der Waals surface area contributed by atoms with Crippen molar-refractivity contribution in [3.63, 3.8) is 0 Å². The summed E-state index contributed by atoms with van der Waals surface area (Å²) in [6, 6.07) is 15.0. The zero-order valence-corrected chi connectivity index (χ0v) is 18.4. The molecule has 0 fully saturated rings. The SMILES string of the molecule is Cc1cc(C(=O)COC(=O)c2ccc(Cn3cncn3)cc2)c(C)n1Cc1ccc(F)cc1. The van der Waals surface area contributed by atoms with Crippen LogP contribution in [0, 0.1) is 19.7 Å². The molecule has 0 aliphatic carbocycles. The molecule has 2 aromatic carbocycles. The third-order valence-corrected chi connectivity index (χ3v) is 5.46. The highest BCUT2D eigenvalue weighted by Crippen LogP contribution is 2.18. The summed E-state index contributed by atoms with van der Waals surface area (Å²) in [5.41, 5.74) is 4.43. The lowest BCUT2D eigenvalue weighted by molar-refractivity contribution is 0.0474. The van der Waals surface area contributed by atoms with E-state index in [0.29, 0.717) is 24.2 Å². The molecular weight excluding hydrogens is 423 g/mol. The van der Waals surface area contributed by atoms with Crippen molar-refractivity contribution in [3.8, 4) is 0 Å². The Balaban J connectivity index is 1.37. The van der Waals surface area contributed by atoms with Crippen LogP contribution in [-0.4, -0.2) is 37.7 Å². The summed E-state index contributed by atoms with van der Waals surface area (Å²) in [5, 5.41) is 4.05. The van der Waals surface area contributed by atoms with Gasteiger partial charge in [-0.1, -0.05) is 24.3 Å². The highest BCUT2D eigenvalue weighted by Gasteiger charge is 2.18. The molecule has 8 heteroatoms. The molecule has 0 unspecified atom stereocenters. The number of carbonyl (C=O) groups excluding carboxylic acids is 2. The number of Topliss-reactive ketones (excluding diaryl/α,β-unsaturated/α-hetero) is 1. The van der Waals surface area contributed by atoms with Gasteiger partial charge < -0.3 is 9.30 Å². The van der Waals surface area contributed by atoms with Crippen LogP contribution in [0.3, 0.4) is 0 Å². The van der Waals surface area contributed by atoms with E-state index >= 15 is 0 Å². The normalized spacial score (nSPS) is 10.9. The van der Waals surface area contributed by atoms with E-state index in [2.05, 4.69) is 10.1 Å². The maximum absolute atomic E-state index is 13.2. The molecule has 0 N–H and O–H groups in total. The van der Waals surface area contributed by atoms with Crippen LogP contribution in [0.4, 0.5) is 4.39 Å². The number of hydrogen-bond donors (Lipinski definition) is 0. The molecule has 0 spiro atoms. The summed E-state index contributed by atoms with van der Waals surface area (Å²) in [6.45, 7) is 4.47. The van der Waals surface area contributed by atoms with Crippen LogP contribution in [0.1, 0.15) is 43.2 Å². The molecule has 4 rings (SSSR count). The second kappa shape index (κ2) is 9.60. The Kier molecular flexibility index (Phi) is 6.44. The van der Waals surface area contributed by atoms with Crippen molar-refractivity contribution in [2.75, 3.05) is 6.61 Å². The van der Waals surface area contributed by atoms with Crippen molar-refractivity contribution in [2.45, 2.75) is 26.9 Å². The Morgan fingerprint density at radius 3 is 2.30 bits per heavy atom. The van der Waals surface area contributed by atoms with Crippen LogP contribution in [0.2, 0.25) is 0 Å². The van der Waals surface area contributed by atoms with E-state index in [1.807, 2.05) is 30.5 Å². The summed E-state index contributed by atoms with van der Waals surface area (Å²) in [7, 11) is 0. The molecule has 7 nitrogen and oxygen atoms in total. The van der Waals surface area contributed by atoms with E-state index in [4.69, 9.17) is 4.74 Å². The van der Waals surface area contributed by atoms with Crippen LogP contribution in [-0.2, 0) is 17.8 Å². The summed E-state index contributed by atoms with van der Waals surface area (Å²) in [4.78, 5) is 29.0. The summed E-state index contributed by atoms with van der Waals surface area (Å²) < 4.78 is 22.1. The number of ketones is 1. The van der Waals surface area contributed by atoms with Gasteiger partial charge in [-0.05, 0) is 55.3 Å². The first kappa shape index (κ1) is 22.1. The highest BCUT2D eigenvalue weighted by atomic mass is 19.1. The standard InChI is InChI=1S/C25H23FN4O3/c1-17-11-23(18(2)30(17)13-20-5-9-22(26)10-6-20)24(31)14-33-25(32)21-7-3-19(4-8-21)12-29-16-27-15-28-29/h3-11,15-16H,12-14H2,1-2H3. The van der Waals surface area contributed by atoms with Gasteiger partial charge in [-0.25, -0.2) is 18.9 Å². The van der Waals surface area contributed by atoms with E-state index in [9.17, 15) is 14.0 Å². The highest BCUT2D eigenvalue weighted by molar-refractivity contribution is 6.00. The molecule has 4 aromatic rings. The summed E-state index contributed by atoms with van der Waals surface area (Å²) >= 11 is 0. The Labute approximate surface area is 190 Å². The zero-order valence-electron chi connectivity index (χ0n) is 18.4. The van der Waals surface area contributed by atoms with Crippen molar-refractivity contribution in [2.24, 2.45) is 0 Å². The minimum atomic E-state index is -0.559. The van der Waals surface area contributed by atoms with E-state index < -0.39 is 5.97 Å². The number of nitrogens with zero attached hydrogens (tertiary/aromatic N) is 4. The quantitative estimate of drug-likeness (QED) is 0.302. The van der Waals surface area contributed by atoms with Gasteiger partial charge in [0.15, 0.2) is 6.61 Å². The predicted octanol–water partition coefficient (Wildman–Crippen LogP) is 3.97. The topological polar surface area (TPSA) is 79.0 Å². The number of aromatic nitrogens is 4. The maximum atomic E-state index is 13.2. The number of halogens is 1. The third-order valence-electron chi connectivity index (χ3n) is 5.46. The van der Waals surface area contributed by atoms with Gasteiger partial charge in [0, 0.05) is 23.5 Å². The predicted molar refractivity (Wildman–Crippen MR) is 120 cm³/mol. The molecule has 0 radical (unpaired) electrons. The number of aryl methyl sites for hydroxylation is 1. The van der Waals surface area contributed by atoms with Crippen molar-refractivity contribution >= 4 is 11.8 Å². The Bertz CT molecular complexity index is 1260. The number of rotatable bonds is 8. The second-order valence-corrected chi connectivity index (χ2v) is 7.79. The first-order chi connectivity index (χ1) is 15.9. The minimum Gasteiger partial charge on any atom is -0.454 e. The Hall–Kier alpha value is -4.07. The van der Waals surface area contributed by atoms with Crippen LogP contribution < -0.4 is 0 Å². The van der Waals surface area contributed by atoms with Gasteiger partial charge in [-0.2, -0.15) is 5.10 Å². The Morgan fingerprint density at radius 2 is 1.64 bits per heavy atom. The van der Waals surface area contributed by atoms with Crippen molar-refractivity contribution < 1.29 is 18.7 Å². The molecule has 0 aliphatic rings. The van der Waals surface area contributed by atoms with Gasteiger partial charge in [0.1, 0.15) is 18.5 Å². The number of esters is 1. The Morgan fingerprint density at radius 1 is 0.970 bits per heavy atom. The number of ether oxygens (including phenoxy) is 1. The second-order valence-electron chi connectivity index (χ2n) is 7.79. The van der Waals surface area contributed by atoms with Crippen LogP contribution in [0.25, 0.3) is 0 Å². The molecular formula is C25H23FN4O3. The van der Waals surface area contributed by atoms with Gasteiger partial charge in [-0.3, -0.25) is 4.79 Å². The molecule has 0 saturated heterocycles. The first-order valence-electron chi connectivity index (χ1n) is 10.4. The molecule has 0 atom stereocenters. The largest absolute Gasteiger partial charge is 0.454 e. The first-order valence-corrected chi connectivity index (χ1v) is 10.4. The van der Waals surface area contributed by atoms with Gasteiger partial charge in [0.25, 0.3) is 0 Å². The molecule has 0 saturated carbocycles. The van der Waals surface area contributed by atoms with E-state index in [-0.39, 0.29) is 18.2 Å². The zero-order chi connectivity index (χ0) is 23.4. The van der Waals surface area contributed by atoms with Gasteiger partial charge in [0.2, 0.25) is 5.78 Å². The van der Waals surface area contributed by atoms with Gasteiger partial charge in [-0.15, -0.1) is 0 Å². The number of hydrogen-bond acceptors (Lipinski definition) is 5. The summed E-state index contributed by atoms with van der Waals surface area (Å²) in [5.74, 6) is -1.12.